The monoisotopic (exact) mass is 554 g/mol. The Morgan fingerprint density at radius 1 is 0.707 bits per heavy atom. The van der Waals surface area contributed by atoms with Gasteiger partial charge in [-0.3, -0.25) is 4.57 Å². The molecule has 3 aromatic heterocycles. The van der Waals surface area contributed by atoms with E-state index in [-0.39, 0.29) is 0 Å². The predicted octanol–water partition coefficient (Wildman–Crippen LogP) is 10.7. The van der Waals surface area contributed by atoms with E-state index in [9.17, 15) is 0 Å². The van der Waals surface area contributed by atoms with Crippen molar-refractivity contribution in [3.05, 3.63) is 114 Å². The number of thiophene rings is 1. The molecule has 0 saturated heterocycles. The summed E-state index contributed by atoms with van der Waals surface area (Å²) >= 11 is 1.68. The fourth-order valence-corrected chi connectivity index (χ4v) is 7.04. The van der Waals surface area contributed by atoms with Gasteiger partial charge in [-0.25, -0.2) is 9.97 Å². The molecule has 0 bridgehead atoms. The van der Waals surface area contributed by atoms with Crippen LogP contribution in [0.25, 0.3) is 59.7 Å². The van der Waals surface area contributed by atoms with Gasteiger partial charge in [0.15, 0.2) is 0 Å². The molecule has 7 aromatic rings. The molecular weight excluding hydrogens is 518 g/mol. The Labute approximate surface area is 249 Å². The minimum Gasteiger partial charge on any atom is -0.292 e. The third-order valence-electron chi connectivity index (χ3n) is 7.91. The molecule has 202 valence electrons. The van der Waals surface area contributed by atoms with Crippen LogP contribution in [0.15, 0.2) is 97.1 Å². The van der Waals surface area contributed by atoms with Crippen molar-refractivity contribution in [1.29, 1.82) is 0 Å². The zero-order valence-electron chi connectivity index (χ0n) is 26.6. The van der Waals surface area contributed by atoms with E-state index >= 15 is 0 Å². The average Bonchev–Trinajstić information content (AvgIpc) is 3.58. The molecule has 0 aliphatic heterocycles. The van der Waals surface area contributed by atoms with Crippen LogP contribution in [-0.2, 0) is 0 Å². The lowest BCUT2D eigenvalue weighted by molar-refractivity contribution is 0.811. The van der Waals surface area contributed by atoms with Crippen LogP contribution in [-0.4, -0.2) is 14.5 Å². The van der Waals surface area contributed by atoms with Crippen molar-refractivity contribution in [2.24, 2.45) is 0 Å². The second-order valence-electron chi connectivity index (χ2n) is 11.3. The third kappa shape index (κ3) is 4.25. The number of hydrogen-bond acceptors (Lipinski definition) is 3. The summed E-state index contributed by atoms with van der Waals surface area (Å²) in [5.74, 6) is 1.61. The van der Waals surface area contributed by atoms with Crippen molar-refractivity contribution in [1.82, 2.24) is 14.5 Å². The molecule has 0 saturated carbocycles. The largest absolute Gasteiger partial charge is 0.292 e. The Bertz CT molecular complexity index is 2140. The summed E-state index contributed by atoms with van der Waals surface area (Å²) in [5, 5.41) is 2.25. The van der Waals surface area contributed by atoms with E-state index in [0.29, 0.717) is 17.4 Å². The zero-order chi connectivity index (χ0) is 30.7. The van der Waals surface area contributed by atoms with E-state index in [4.69, 9.17) is 14.1 Å². The first-order valence-corrected chi connectivity index (χ1v) is 15.0. The topological polar surface area (TPSA) is 30.7 Å². The quantitative estimate of drug-likeness (QED) is 0.212. The van der Waals surface area contributed by atoms with E-state index in [1.165, 1.54) is 16.8 Å². The Balaban J connectivity index is 1.46. The lowest BCUT2D eigenvalue weighted by atomic mass is 9.92. The van der Waals surface area contributed by atoms with Gasteiger partial charge in [-0.15, -0.1) is 11.3 Å². The zero-order valence-corrected chi connectivity index (χ0v) is 24.5. The molecule has 41 heavy (non-hydrogen) atoms. The molecule has 0 atom stereocenters. The minimum atomic E-state index is -2.13. The molecule has 7 rings (SSSR count). The molecule has 3 heterocycles. The molecule has 0 N–H and O–H groups in total. The van der Waals surface area contributed by atoms with Crippen molar-refractivity contribution in [3.63, 3.8) is 0 Å². The van der Waals surface area contributed by atoms with Gasteiger partial charge in [0.25, 0.3) is 0 Å². The maximum Gasteiger partial charge on any atom is 0.147 e. The van der Waals surface area contributed by atoms with Crippen LogP contribution in [0, 0.1) is 6.85 Å². The highest BCUT2D eigenvalue weighted by Crippen LogP contribution is 2.43. The summed E-state index contributed by atoms with van der Waals surface area (Å²) in [7, 11) is 0. The third-order valence-corrected chi connectivity index (χ3v) is 9.06. The van der Waals surface area contributed by atoms with Gasteiger partial charge in [-0.1, -0.05) is 100.0 Å². The predicted molar refractivity (Wildman–Crippen MR) is 176 cm³/mol. The molecule has 0 aliphatic carbocycles. The van der Waals surface area contributed by atoms with Crippen molar-refractivity contribution in [3.8, 4) is 28.3 Å². The van der Waals surface area contributed by atoms with Gasteiger partial charge < -0.3 is 0 Å². The number of imidazole rings is 1. The summed E-state index contributed by atoms with van der Waals surface area (Å²) in [4.78, 5) is 11.3. The molecule has 0 spiro atoms. The number of pyridine rings is 1. The molecule has 0 radical (unpaired) electrons. The molecular formula is C37H33N3S. The van der Waals surface area contributed by atoms with Gasteiger partial charge in [0, 0.05) is 30.7 Å². The van der Waals surface area contributed by atoms with E-state index in [1.54, 1.807) is 23.5 Å². The van der Waals surface area contributed by atoms with Crippen molar-refractivity contribution >= 4 is 42.7 Å². The standard InChI is InChI=1S/C37H33N3S/c1-22(2)26-10-8-11-27(23(3)4)34(26)40-33-15-7-6-14-32(33)38-36(40)30-13-9-12-28-29-20-21-31(39-37(29)41-35(28)30)25-18-16-24(5)17-19-25/h6-23H,1-5H3/i5D3. The van der Waals surface area contributed by atoms with Crippen LogP contribution in [0.5, 0.6) is 0 Å². The summed E-state index contributed by atoms with van der Waals surface area (Å²) in [5.41, 5.74) is 9.02. The van der Waals surface area contributed by atoms with Gasteiger partial charge in [0.2, 0.25) is 0 Å². The second kappa shape index (κ2) is 9.97. The van der Waals surface area contributed by atoms with Crippen molar-refractivity contribution < 1.29 is 4.11 Å². The fourth-order valence-electron chi connectivity index (χ4n) is 5.86. The number of benzene rings is 4. The first-order valence-electron chi connectivity index (χ1n) is 15.7. The Hall–Kier alpha value is -4.28. The lowest BCUT2D eigenvalue weighted by Crippen LogP contribution is -2.08. The molecule has 3 nitrogen and oxygen atoms in total. The van der Waals surface area contributed by atoms with Crippen molar-refractivity contribution in [2.45, 2.75) is 46.4 Å². The first-order chi connectivity index (χ1) is 21.1. The highest BCUT2D eigenvalue weighted by atomic mass is 32.1. The Kier molecular flexibility index (Phi) is 5.45. The normalized spacial score (nSPS) is 13.4. The van der Waals surface area contributed by atoms with Gasteiger partial charge in [-0.2, -0.15) is 0 Å². The highest BCUT2D eigenvalue weighted by Gasteiger charge is 2.23. The number of aromatic nitrogens is 3. The van der Waals surface area contributed by atoms with Crippen LogP contribution in [0.1, 0.15) is 60.3 Å². The SMILES string of the molecule is [2H]C([2H])([2H])c1ccc(-c2ccc3c(n2)sc2c(-c4nc5ccccc5n4-c4c(C(C)C)cccc4C(C)C)cccc23)cc1. The average molecular weight is 555 g/mol. The Morgan fingerprint density at radius 3 is 2.17 bits per heavy atom. The number of para-hydroxylation sites is 3. The number of rotatable bonds is 5. The molecule has 0 unspecified atom stereocenters. The van der Waals surface area contributed by atoms with E-state index in [2.05, 4.69) is 99.0 Å². The van der Waals surface area contributed by atoms with Gasteiger partial charge in [0.1, 0.15) is 10.7 Å². The van der Waals surface area contributed by atoms with Crippen LogP contribution < -0.4 is 0 Å². The highest BCUT2D eigenvalue weighted by molar-refractivity contribution is 7.26. The van der Waals surface area contributed by atoms with Crippen molar-refractivity contribution in [2.75, 3.05) is 0 Å². The maximum absolute atomic E-state index is 7.69. The number of nitrogens with zero attached hydrogens (tertiary/aromatic N) is 3. The summed E-state index contributed by atoms with van der Waals surface area (Å²) < 4.78 is 26.6. The molecule has 0 aliphatic rings. The maximum atomic E-state index is 7.69. The number of aryl methyl sites for hydroxylation is 1. The molecule has 4 heteroatoms. The second-order valence-corrected chi connectivity index (χ2v) is 12.3. The van der Waals surface area contributed by atoms with Gasteiger partial charge in [0.05, 0.1) is 22.4 Å². The van der Waals surface area contributed by atoms with Crippen LogP contribution >= 0.6 is 11.3 Å². The fraction of sp³-hybridized carbons (Fsp3) is 0.189. The lowest BCUT2D eigenvalue weighted by Gasteiger charge is -2.22. The Morgan fingerprint density at radius 2 is 1.44 bits per heavy atom. The molecule has 0 amide bonds. The smallest absolute Gasteiger partial charge is 0.147 e. The molecule has 4 aromatic carbocycles. The van der Waals surface area contributed by atoms with E-state index < -0.39 is 6.85 Å². The van der Waals surface area contributed by atoms with Crippen LogP contribution in [0.4, 0.5) is 0 Å². The molecule has 0 fully saturated rings. The van der Waals surface area contributed by atoms with E-state index in [1.807, 2.05) is 18.2 Å². The summed E-state index contributed by atoms with van der Waals surface area (Å²) in [6.07, 6.45) is 0. The summed E-state index contributed by atoms with van der Waals surface area (Å²) in [6.45, 7) is 6.91. The summed E-state index contributed by atoms with van der Waals surface area (Å²) in [6, 6.07) is 32.7. The first kappa shape index (κ1) is 22.4. The van der Waals surface area contributed by atoms with Crippen LogP contribution in [0.2, 0.25) is 0 Å². The van der Waals surface area contributed by atoms with Gasteiger partial charge >= 0.3 is 0 Å². The minimum absolute atomic E-state index is 0.330. The van der Waals surface area contributed by atoms with Crippen LogP contribution in [0.3, 0.4) is 0 Å². The number of hydrogen-bond donors (Lipinski definition) is 0. The number of fused-ring (bicyclic) bond motifs is 4. The van der Waals surface area contributed by atoms with Gasteiger partial charge in [-0.05, 0) is 60.1 Å². The van der Waals surface area contributed by atoms with E-state index in [0.717, 1.165) is 54.0 Å².